The fraction of sp³-hybridized carbons (Fsp3) is 0.700. The van der Waals surface area contributed by atoms with Gasteiger partial charge in [-0.1, -0.05) is 0 Å². The number of ether oxygens (including phenoxy) is 1. The molecule has 0 aromatic carbocycles. The highest BCUT2D eigenvalue weighted by molar-refractivity contribution is 5.03. The maximum atomic E-state index is 12.3. The minimum Gasteiger partial charge on any atom is -0.376 e. The van der Waals surface area contributed by atoms with Crippen LogP contribution < -0.4 is 0 Å². The van der Waals surface area contributed by atoms with Crippen molar-refractivity contribution in [2.75, 3.05) is 6.61 Å². The van der Waals surface area contributed by atoms with E-state index in [2.05, 4.69) is 5.10 Å². The van der Waals surface area contributed by atoms with Crippen molar-refractivity contribution in [2.45, 2.75) is 38.1 Å². The van der Waals surface area contributed by atoms with Crippen LogP contribution in [0.5, 0.6) is 0 Å². The van der Waals surface area contributed by atoms with Gasteiger partial charge in [-0.2, -0.15) is 18.3 Å². The maximum Gasteiger partial charge on any atom is 0.435 e. The van der Waals surface area contributed by atoms with Crippen LogP contribution in [0.4, 0.5) is 13.2 Å². The van der Waals surface area contributed by atoms with E-state index in [1.807, 2.05) is 0 Å². The average Bonchev–Trinajstić information content (AvgIpc) is 2.67. The number of aromatic nitrogens is 2. The summed E-state index contributed by atoms with van der Waals surface area (Å²) in [6.45, 7) is 1.09. The van der Waals surface area contributed by atoms with Gasteiger partial charge in [-0.25, -0.2) is 0 Å². The van der Waals surface area contributed by atoms with E-state index in [1.165, 1.54) is 10.9 Å². The lowest BCUT2D eigenvalue weighted by Crippen LogP contribution is -2.25. The lowest BCUT2D eigenvalue weighted by atomic mass is 10.1. The molecule has 1 atom stereocenters. The number of rotatable bonds is 2. The van der Waals surface area contributed by atoms with Gasteiger partial charge in [0.15, 0.2) is 5.69 Å². The van der Waals surface area contributed by atoms with Crippen molar-refractivity contribution in [2.24, 2.45) is 0 Å². The second-order valence-electron chi connectivity index (χ2n) is 3.91. The number of halogens is 3. The van der Waals surface area contributed by atoms with Crippen molar-refractivity contribution >= 4 is 0 Å². The highest BCUT2D eigenvalue weighted by Gasteiger charge is 2.33. The molecule has 0 saturated carbocycles. The number of alkyl halides is 3. The van der Waals surface area contributed by atoms with Crippen molar-refractivity contribution in [3.05, 3.63) is 18.0 Å². The highest BCUT2D eigenvalue weighted by atomic mass is 19.4. The van der Waals surface area contributed by atoms with E-state index in [1.54, 1.807) is 0 Å². The third-order valence-corrected chi connectivity index (χ3v) is 2.60. The van der Waals surface area contributed by atoms with Crippen LogP contribution in [-0.4, -0.2) is 22.5 Å². The largest absolute Gasteiger partial charge is 0.435 e. The zero-order chi connectivity index (χ0) is 11.6. The second-order valence-corrected chi connectivity index (χ2v) is 3.91. The molecular weight excluding hydrogens is 221 g/mol. The van der Waals surface area contributed by atoms with Gasteiger partial charge in [0.1, 0.15) is 0 Å². The Balaban J connectivity index is 1.97. The Morgan fingerprint density at radius 2 is 2.25 bits per heavy atom. The molecule has 16 heavy (non-hydrogen) atoms. The Morgan fingerprint density at radius 1 is 1.44 bits per heavy atom. The van der Waals surface area contributed by atoms with Gasteiger partial charge in [-0.05, 0) is 25.3 Å². The third-order valence-electron chi connectivity index (χ3n) is 2.60. The summed E-state index contributed by atoms with van der Waals surface area (Å²) in [5.41, 5.74) is -0.844. The monoisotopic (exact) mass is 234 g/mol. The standard InChI is InChI=1S/C10H13F3N2O/c11-10(12,13)9-4-5-15(14-9)7-8-3-1-2-6-16-8/h4-5,8H,1-3,6-7H2. The molecule has 3 nitrogen and oxygen atoms in total. The van der Waals surface area contributed by atoms with E-state index in [-0.39, 0.29) is 6.10 Å². The normalized spacial score (nSPS) is 22.3. The first kappa shape index (κ1) is 11.4. The first-order valence-electron chi connectivity index (χ1n) is 5.28. The Morgan fingerprint density at radius 3 is 2.81 bits per heavy atom. The molecule has 1 aliphatic rings. The van der Waals surface area contributed by atoms with Crippen molar-refractivity contribution in [3.8, 4) is 0 Å². The number of hydrogen-bond donors (Lipinski definition) is 0. The van der Waals surface area contributed by atoms with Crippen molar-refractivity contribution < 1.29 is 17.9 Å². The summed E-state index contributed by atoms with van der Waals surface area (Å²) in [4.78, 5) is 0. The first-order chi connectivity index (χ1) is 7.55. The van der Waals surface area contributed by atoms with E-state index < -0.39 is 11.9 Å². The lowest BCUT2D eigenvalue weighted by molar-refractivity contribution is -0.141. The van der Waals surface area contributed by atoms with Crippen LogP contribution in [0.2, 0.25) is 0 Å². The lowest BCUT2D eigenvalue weighted by Gasteiger charge is -2.22. The van der Waals surface area contributed by atoms with Crippen LogP contribution in [0.15, 0.2) is 12.3 Å². The molecule has 1 aromatic heterocycles. The van der Waals surface area contributed by atoms with Gasteiger partial charge in [0.25, 0.3) is 0 Å². The fourth-order valence-corrected chi connectivity index (χ4v) is 1.77. The van der Waals surface area contributed by atoms with Crippen LogP contribution in [-0.2, 0) is 17.5 Å². The van der Waals surface area contributed by atoms with E-state index in [4.69, 9.17) is 4.74 Å². The topological polar surface area (TPSA) is 27.1 Å². The van der Waals surface area contributed by atoms with Gasteiger partial charge >= 0.3 is 6.18 Å². The third kappa shape index (κ3) is 2.75. The second kappa shape index (κ2) is 4.45. The molecule has 1 unspecified atom stereocenters. The Labute approximate surface area is 91.2 Å². The van der Waals surface area contributed by atoms with E-state index in [0.717, 1.165) is 25.3 Å². The summed E-state index contributed by atoms with van der Waals surface area (Å²) >= 11 is 0. The Hall–Kier alpha value is -1.04. The fourth-order valence-electron chi connectivity index (χ4n) is 1.77. The minimum absolute atomic E-state index is 0.00488. The maximum absolute atomic E-state index is 12.3. The summed E-state index contributed by atoms with van der Waals surface area (Å²) in [5.74, 6) is 0. The van der Waals surface area contributed by atoms with Crippen LogP contribution in [0, 0.1) is 0 Å². The molecule has 0 amide bonds. The summed E-state index contributed by atoms with van der Waals surface area (Å²) in [6, 6.07) is 0.989. The Kier molecular flexibility index (Phi) is 3.18. The zero-order valence-electron chi connectivity index (χ0n) is 8.70. The van der Waals surface area contributed by atoms with E-state index >= 15 is 0 Å². The zero-order valence-corrected chi connectivity index (χ0v) is 8.70. The molecule has 2 rings (SSSR count). The van der Waals surface area contributed by atoms with Gasteiger partial charge in [-0.15, -0.1) is 0 Å². The quantitative estimate of drug-likeness (QED) is 0.786. The molecule has 0 aliphatic carbocycles. The molecule has 1 aromatic rings. The van der Waals surface area contributed by atoms with Gasteiger partial charge in [0.05, 0.1) is 12.6 Å². The number of nitrogens with zero attached hydrogens (tertiary/aromatic N) is 2. The van der Waals surface area contributed by atoms with E-state index in [9.17, 15) is 13.2 Å². The van der Waals surface area contributed by atoms with Gasteiger partial charge < -0.3 is 4.74 Å². The van der Waals surface area contributed by atoms with Gasteiger partial charge in [-0.3, -0.25) is 4.68 Å². The summed E-state index contributed by atoms with van der Waals surface area (Å²) in [5, 5.41) is 3.49. The Bertz CT molecular complexity index is 342. The van der Waals surface area contributed by atoms with E-state index in [0.29, 0.717) is 13.2 Å². The molecule has 0 N–H and O–H groups in total. The summed E-state index contributed by atoms with van der Waals surface area (Å²) in [7, 11) is 0. The molecule has 2 heterocycles. The van der Waals surface area contributed by atoms with Crippen LogP contribution in [0.1, 0.15) is 25.0 Å². The minimum atomic E-state index is -4.36. The average molecular weight is 234 g/mol. The van der Waals surface area contributed by atoms with Gasteiger partial charge in [0, 0.05) is 12.8 Å². The molecule has 0 radical (unpaired) electrons. The molecular formula is C10H13F3N2O. The molecule has 1 fully saturated rings. The number of hydrogen-bond acceptors (Lipinski definition) is 2. The predicted molar refractivity (Wildman–Crippen MR) is 50.8 cm³/mol. The SMILES string of the molecule is FC(F)(F)c1ccn(CC2CCCCO2)n1. The molecule has 0 spiro atoms. The molecule has 6 heteroatoms. The molecule has 1 aliphatic heterocycles. The molecule has 1 saturated heterocycles. The first-order valence-corrected chi connectivity index (χ1v) is 5.28. The van der Waals surface area contributed by atoms with Gasteiger partial charge in [0.2, 0.25) is 0 Å². The summed E-state index contributed by atoms with van der Waals surface area (Å²) in [6.07, 6.45) is -0.0305. The predicted octanol–water partition coefficient (Wildman–Crippen LogP) is 2.47. The van der Waals surface area contributed by atoms with Crippen LogP contribution in [0.25, 0.3) is 0 Å². The van der Waals surface area contributed by atoms with Crippen LogP contribution >= 0.6 is 0 Å². The van der Waals surface area contributed by atoms with Crippen molar-refractivity contribution in [1.29, 1.82) is 0 Å². The van der Waals surface area contributed by atoms with Crippen LogP contribution in [0.3, 0.4) is 0 Å². The summed E-state index contributed by atoms with van der Waals surface area (Å²) < 4.78 is 43.6. The smallest absolute Gasteiger partial charge is 0.376 e. The highest BCUT2D eigenvalue weighted by Crippen LogP contribution is 2.27. The van der Waals surface area contributed by atoms with Crippen molar-refractivity contribution in [1.82, 2.24) is 9.78 Å². The molecule has 0 bridgehead atoms. The molecule has 90 valence electrons. The van der Waals surface area contributed by atoms with Crippen molar-refractivity contribution in [3.63, 3.8) is 0 Å².